The van der Waals surface area contributed by atoms with Gasteiger partial charge in [0.05, 0.1) is 31.0 Å². The van der Waals surface area contributed by atoms with E-state index in [-0.39, 0.29) is 6.29 Å². The first kappa shape index (κ1) is 14.2. The van der Waals surface area contributed by atoms with Gasteiger partial charge in [0.25, 0.3) is 0 Å². The second kappa shape index (κ2) is 6.36. The van der Waals surface area contributed by atoms with Gasteiger partial charge in [-0.25, -0.2) is 0 Å². The standard InChI is InChI=1S/C19H18N2O2/c1-2-6-16-13-23-18(22-12-15(16)5-1)11-21-17-9-3-7-14-8-4-10-20-19(14)17/h1-10,18,21H,11-13H2. The van der Waals surface area contributed by atoms with Gasteiger partial charge in [0.2, 0.25) is 0 Å². The summed E-state index contributed by atoms with van der Waals surface area (Å²) in [5.74, 6) is 0. The Bertz CT molecular complexity index is 787. The summed E-state index contributed by atoms with van der Waals surface area (Å²) in [6.45, 7) is 1.75. The Labute approximate surface area is 135 Å². The summed E-state index contributed by atoms with van der Waals surface area (Å²) < 4.78 is 11.7. The van der Waals surface area contributed by atoms with Gasteiger partial charge in [-0.05, 0) is 23.3 Å². The zero-order chi connectivity index (χ0) is 15.5. The summed E-state index contributed by atoms with van der Waals surface area (Å²) >= 11 is 0. The Kier molecular flexibility index (Phi) is 3.92. The molecule has 0 saturated carbocycles. The lowest BCUT2D eigenvalue weighted by Gasteiger charge is -2.17. The number of rotatable bonds is 3. The Morgan fingerprint density at radius 3 is 2.43 bits per heavy atom. The van der Waals surface area contributed by atoms with Crippen LogP contribution in [0.2, 0.25) is 0 Å². The highest BCUT2D eigenvalue weighted by atomic mass is 16.7. The van der Waals surface area contributed by atoms with E-state index >= 15 is 0 Å². The summed E-state index contributed by atoms with van der Waals surface area (Å²) in [6, 6.07) is 18.3. The van der Waals surface area contributed by atoms with Crippen molar-refractivity contribution < 1.29 is 9.47 Å². The zero-order valence-corrected chi connectivity index (χ0v) is 12.7. The smallest absolute Gasteiger partial charge is 0.175 e. The first-order valence-corrected chi connectivity index (χ1v) is 7.78. The molecule has 0 fully saturated rings. The number of aromatic nitrogens is 1. The fraction of sp³-hybridized carbons (Fsp3) is 0.211. The van der Waals surface area contributed by atoms with Gasteiger partial charge in [-0.3, -0.25) is 4.98 Å². The topological polar surface area (TPSA) is 43.4 Å². The molecule has 0 amide bonds. The Balaban J connectivity index is 1.45. The number of nitrogens with zero attached hydrogens (tertiary/aromatic N) is 1. The van der Waals surface area contributed by atoms with Crippen LogP contribution in [0.3, 0.4) is 0 Å². The van der Waals surface area contributed by atoms with E-state index < -0.39 is 0 Å². The number of hydrogen-bond donors (Lipinski definition) is 1. The van der Waals surface area contributed by atoms with Crippen molar-refractivity contribution in [2.45, 2.75) is 19.5 Å². The average molecular weight is 306 g/mol. The van der Waals surface area contributed by atoms with Crippen LogP contribution in [-0.2, 0) is 22.7 Å². The van der Waals surface area contributed by atoms with E-state index in [1.54, 1.807) is 0 Å². The van der Waals surface area contributed by atoms with Crippen LogP contribution in [0.5, 0.6) is 0 Å². The van der Waals surface area contributed by atoms with Crippen molar-refractivity contribution in [3.05, 3.63) is 71.9 Å². The van der Waals surface area contributed by atoms with Crippen LogP contribution in [0.15, 0.2) is 60.8 Å². The average Bonchev–Trinajstić information content (AvgIpc) is 2.82. The number of hydrogen-bond acceptors (Lipinski definition) is 4. The highest BCUT2D eigenvalue weighted by Crippen LogP contribution is 2.22. The van der Waals surface area contributed by atoms with E-state index in [0.717, 1.165) is 16.6 Å². The molecule has 2 aromatic carbocycles. The van der Waals surface area contributed by atoms with Gasteiger partial charge in [0.15, 0.2) is 6.29 Å². The van der Waals surface area contributed by atoms with Crippen LogP contribution >= 0.6 is 0 Å². The minimum absolute atomic E-state index is 0.277. The molecule has 0 bridgehead atoms. The highest BCUT2D eigenvalue weighted by molar-refractivity contribution is 5.90. The van der Waals surface area contributed by atoms with Crippen molar-refractivity contribution in [3.63, 3.8) is 0 Å². The van der Waals surface area contributed by atoms with Crippen LogP contribution in [0.4, 0.5) is 5.69 Å². The van der Waals surface area contributed by atoms with E-state index in [2.05, 4.69) is 34.6 Å². The molecule has 3 aromatic rings. The molecule has 23 heavy (non-hydrogen) atoms. The van der Waals surface area contributed by atoms with Crippen molar-refractivity contribution in [2.75, 3.05) is 11.9 Å². The predicted octanol–water partition coefficient (Wildman–Crippen LogP) is 3.72. The molecule has 116 valence electrons. The van der Waals surface area contributed by atoms with Crippen molar-refractivity contribution >= 4 is 16.6 Å². The quantitative estimate of drug-likeness (QED) is 0.801. The van der Waals surface area contributed by atoms with Crippen LogP contribution in [0, 0.1) is 0 Å². The summed E-state index contributed by atoms with van der Waals surface area (Å²) in [5, 5.41) is 4.52. The summed E-state index contributed by atoms with van der Waals surface area (Å²) in [7, 11) is 0. The van der Waals surface area contributed by atoms with Crippen molar-refractivity contribution in [2.24, 2.45) is 0 Å². The lowest BCUT2D eigenvalue weighted by molar-refractivity contribution is -0.139. The van der Waals surface area contributed by atoms with Gasteiger partial charge >= 0.3 is 0 Å². The molecule has 4 rings (SSSR count). The SMILES string of the molecule is c1ccc2c(c1)COC(CNc1cccc3cccnc13)OC2. The summed E-state index contributed by atoms with van der Waals surface area (Å²) in [5.41, 5.74) is 4.35. The molecule has 2 heterocycles. The van der Waals surface area contributed by atoms with Gasteiger partial charge in [-0.2, -0.15) is 0 Å². The molecule has 0 spiro atoms. The van der Waals surface area contributed by atoms with Crippen molar-refractivity contribution in [1.82, 2.24) is 4.98 Å². The minimum Gasteiger partial charge on any atom is -0.378 e. The lowest BCUT2D eigenvalue weighted by Crippen LogP contribution is -2.24. The molecule has 1 N–H and O–H groups in total. The lowest BCUT2D eigenvalue weighted by atomic mass is 10.1. The number of fused-ring (bicyclic) bond motifs is 2. The highest BCUT2D eigenvalue weighted by Gasteiger charge is 2.16. The third-order valence-corrected chi connectivity index (χ3v) is 4.06. The fourth-order valence-electron chi connectivity index (χ4n) is 2.81. The maximum Gasteiger partial charge on any atom is 0.175 e. The maximum absolute atomic E-state index is 5.86. The van der Waals surface area contributed by atoms with Gasteiger partial charge in [-0.1, -0.05) is 42.5 Å². The largest absolute Gasteiger partial charge is 0.378 e. The molecule has 0 radical (unpaired) electrons. The Hall–Kier alpha value is -2.43. The first-order valence-electron chi connectivity index (χ1n) is 7.78. The van der Waals surface area contributed by atoms with Gasteiger partial charge < -0.3 is 14.8 Å². The van der Waals surface area contributed by atoms with Crippen LogP contribution in [-0.4, -0.2) is 17.8 Å². The number of benzene rings is 2. The fourth-order valence-corrected chi connectivity index (χ4v) is 2.81. The van der Waals surface area contributed by atoms with Gasteiger partial charge in [-0.15, -0.1) is 0 Å². The molecule has 1 aliphatic heterocycles. The third-order valence-electron chi connectivity index (χ3n) is 4.06. The number of para-hydroxylation sites is 1. The molecular weight excluding hydrogens is 288 g/mol. The molecule has 4 nitrogen and oxygen atoms in total. The molecule has 0 saturated heterocycles. The second-order valence-electron chi connectivity index (χ2n) is 5.58. The van der Waals surface area contributed by atoms with E-state index in [4.69, 9.17) is 9.47 Å². The maximum atomic E-state index is 5.86. The Morgan fingerprint density at radius 2 is 1.65 bits per heavy atom. The van der Waals surface area contributed by atoms with E-state index in [1.807, 2.05) is 36.5 Å². The van der Waals surface area contributed by atoms with E-state index in [9.17, 15) is 0 Å². The first-order chi connectivity index (χ1) is 11.4. The number of pyridine rings is 1. The number of anilines is 1. The molecule has 4 heteroatoms. The minimum atomic E-state index is -0.277. The number of nitrogens with one attached hydrogen (secondary N) is 1. The van der Waals surface area contributed by atoms with Crippen LogP contribution in [0.1, 0.15) is 11.1 Å². The van der Waals surface area contributed by atoms with Crippen LogP contribution < -0.4 is 5.32 Å². The monoisotopic (exact) mass is 306 g/mol. The molecule has 1 aliphatic rings. The number of ether oxygens (including phenoxy) is 2. The van der Waals surface area contributed by atoms with Crippen molar-refractivity contribution in [1.29, 1.82) is 0 Å². The molecular formula is C19H18N2O2. The summed E-state index contributed by atoms with van der Waals surface area (Å²) in [6.07, 6.45) is 1.53. The molecule has 1 aromatic heterocycles. The third kappa shape index (κ3) is 3.04. The van der Waals surface area contributed by atoms with E-state index in [1.165, 1.54) is 11.1 Å². The molecule has 0 atom stereocenters. The van der Waals surface area contributed by atoms with Gasteiger partial charge in [0, 0.05) is 11.6 Å². The Morgan fingerprint density at radius 1 is 0.913 bits per heavy atom. The molecule has 0 aliphatic carbocycles. The predicted molar refractivity (Wildman–Crippen MR) is 90.0 cm³/mol. The molecule has 0 unspecified atom stereocenters. The zero-order valence-electron chi connectivity index (χ0n) is 12.7. The summed E-state index contributed by atoms with van der Waals surface area (Å²) in [4.78, 5) is 4.45. The van der Waals surface area contributed by atoms with Crippen molar-refractivity contribution in [3.8, 4) is 0 Å². The second-order valence-corrected chi connectivity index (χ2v) is 5.58. The normalized spacial score (nSPS) is 15.1. The van der Waals surface area contributed by atoms with Crippen LogP contribution in [0.25, 0.3) is 10.9 Å². The van der Waals surface area contributed by atoms with Gasteiger partial charge in [0.1, 0.15) is 0 Å². The van der Waals surface area contributed by atoms with E-state index in [0.29, 0.717) is 19.8 Å².